The van der Waals surface area contributed by atoms with Gasteiger partial charge in [-0.15, -0.1) is 0 Å². The van der Waals surface area contributed by atoms with Crippen molar-refractivity contribution in [3.05, 3.63) is 0 Å². The average Bonchev–Trinajstić information content (AvgIpc) is 2.28. The molecule has 1 aliphatic carbocycles. The smallest absolute Gasteiger partial charge is 0.237 e. The van der Waals surface area contributed by atoms with Crippen molar-refractivity contribution in [3.8, 4) is 6.07 Å². The molecule has 0 bridgehead atoms. The van der Waals surface area contributed by atoms with Crippen LogP contribution in [0, 0.1) is 17.2 Å². The molecule has 2 N–H and O–H groups in total. The predicted molar refractivity (Wildman–Crippen MR) is 67.2 cm³/mol. The van der Waals surface area contributed by atoms with Crippen LogP contribution in [-0.4, -0.2) is 24.0 Å². The van der Waals surface area contributed by atoms with Gasteiger partial charge in [0.25, 0.3) is 0 Å². The van der Waals surface area contributed by atoms with Gasteiger partial charge < -0.3 is 10.6 Å². The minimum Gasteiger partial charge on any atom is -0.353 e. The second-order valence-corrected chi connectivity index (χ2v) is 5.18. The van der Waals surface area contributed by atoms with Crippen molar-refractivity contribution in [1.82, 2.24) is 10.6 Å². The molecule has 1 rings (SSSR count). The summed E-state index contributed by atoms with van der Waals surface area (Å²) in [6.45, 7) is 5.76. The van der Waals surface area contributed by atoms with Gasteiger partial charge in [0.05, 0.1) is 18.0 Å². The number of nitrogens with one attached hydrogen (secondary N) is 2. The highest BCUT2D eigenvalue weighted by Gasteiger charge is 2.27. The first-order chi connectivity index (χ1) is 8.04. The van der Waals surface area contributed by atoms with Crippen LogP contribution in [0.3, 0.4) is 0 Å². The molecule has 1 aliphatic rings. The number of carbonyl (C=O) groups is 1. The summed E-state index contributed by atoms with van der Waals surface area (Å²) in [5, 5.41) is 15.2. The van der Waals surface area contributed by atoms with Gasteiger partial charge in [0.1, 0.15) is 0 Å². The van der Waals surface area contributed by atoms with Crippen LogP contribution >= 0.6 is 0 Å². The van der Waals surface area contributed by atoms with E-state index in [4.69, 9.17) is 5.26 Å². The van der Waals surface area contributed by atoms with Crippen molar-refractivity contribution in [2.24, 2.45) is 5.92 Å². The van der Waals surface area contributed by atoms with E-state index in [1.54, 1.807) is 0 Å². The maximum absolute atomic E-state index is 11.8. The fourth-order valence-electron chi connectivity index (χ4n) is 2.29. The fraction of sp³-hybridized carbons (Fsp3) is 0.846. The van der Waals surface area contributed by atoms with Crippen LogP contribution in [0.15, 0.2) is 0 Å². The van der Waals surface area contributed by atoms with Crippen molar-refractivity contribution >= 4 is 5.91 Å². The van der Waals surface area contributed by atoms with Crippen molar-refractivity contribution in [1.29, 1.82) is 5.26 Å². The molecule has 0 heterocycles. The van der Waals surface area contributed by atoms with Gasteiger partial charge >= 0.3 is 0 Å². The second kappa shape index (κ2) is 6.61. The van der Waals surface area contributed by atoms with E-state index in [2.05, 4.69) is 16.7 Å². The standard InChI is InChI=1S/C13H23N3O/c1-9(2)15-13(17)10(3)16-12-7-5-4-6-11(12)8-14/h9-12,16H,4-7H2,1-3H3,(H,15,17). The molecule has 96 valence electrons. The molecule has 1 fully saturated rings. The fourth-order valence-corrected chi connectivity index (χ4v) is 2.29. The molecule has 0 aromatic rings. The zero-order chi connectivity index (χ0) is 12.8. The summed E-state index contributed by atoms with van der Waals surface area (Å²) >= 11 is 0. The van der Waals surface area contributed by atoms with Crippen molar-refractivity contribution < 1.29 is 4.79 Å². The average molecular weight is 237 g/mol. The lowest BCUT2D eigenvalue weighted by molar-refractivity contribution is -0.123. The number of nitriles is 1. The quantitative estimate of drug-likeness (QED) is 0.780. The van der Waals surface area contributed by atoms with Gasteiger partial charge in [-0.3, -0.25) is 4.79 Å². The Balaban J connectivity index is 2.46. The molecule has 1 amide bonds. The van der Waals surface area contributed by atoms with Crippen LogP contribution in [0.2, 0.25) is 0 Å². The number of amides is 1. The molecule has 0 radical (unpaired) electrons. The summed E-state index contributed by atoms with van der Waals surface area (Å²) in [4.78, 5) is 11.8. The minimum atomic E-state index is -0.226. The molecule has 4 nitrogen and oxygen atoms in total. The van der Waals surface area contributed by atoms with Crippen LogP contribution in [-0.2, 0) is 4.79 Å². The molecule has 0 aromatic carbocycles. The minimum absolute atomic E-state index is 0.0160. The van der Waals surface area contributed by atoms with E-state index in [0.717, 1.165) is 25.7 Å². The number of carbonyl (C=O) groups excluding carboxylic acids is 1. The molecule has 0 saturated heterocycles. The normalized spacial score (nSPS) is 26.3. The molecule has 3 atom stereocenters. The molecular formula is C13H23N3O. The lowest BCUT2D eigenvalue weighted by Gasteiger charge is -2.30. The van der Waals surface area contributed by atoms with E-state index in [9.17, 15) is 4.79 Å². The van der Waals surface area contributed by atoms with Crippen molar-refractivity contribution in [3.63, 3.8) is 0 Å². The lowest BCUT2D eigenvalue weighted by atomic mass is 9.85. The molecule has 1 saturated carbocycles. The van der Waals surface area contributed by atoms with Gasteiger partial charge in [-0.25, -0.2) is 0 Å². The predicted octanol–water partition coefficient (Wildman–Crippen LogP) is 1.57. The Morgan fingerprint density at radius 2 is 1.94 bits per heavy atom. The molecular weight excluding hydrogens is 214 g/mol. The SMILES string of the molecule is CC(C)NC(=O)C(C)NC1CCCCC1C#N. The maximum Gasteiger partial charge on any atom is 0.237 e. The van der Waals surface area contributed by atoms with Gasteiger partial charge in [-0.05, 0) is 33.6 Å². The van der Waals surface area contributed by atoms with Crippen LogP contribution < -0.4 is 10.6 Å². The highest BCUT2D eigenvalue weighted by Crippen LogP contribution is 2.24. The van der Waals surface area contributed by atoms with E-state index in [1.807, 2.05) is 20.8 Å². The summed E-state index contributed by atoms with van der Waals surface area (Å²) in [7, 11) is 0. The van der Waals surface area contributed by atoms with Gasteiger partial charge in [0, 0.05) is 12.1 Å². The van der Waals surface area contributed by atoms with Crippen LogP contribution in [0.4, 0.5) is 0 Å². The summed E-state index contributed by atoms with van der Waals surface area (Å²) in [6.07, 6.45) is 4.22. The zero-order valence-corrected chi connectivity index (χ0v) is 11.0. The summed E-state index contributed by atoms with van der Waals surface area (Å²) < 4.78 is 0. The molecule has 0 aromatic heterocycles. The van der Waals surface area contributed by atoms with Crippen LogP contribution in [0.25, 0.3) is 0 Å². The first-order valence-corrected chi connectivity index (χ1v) is 6.50. The number of hydrogen-bond donors (Lipinski definition) is 2. The number of rotatable bonds is 4. The van der Waals surface area contributed by atoms with E-state index in [1.165, 1.54) is 0 Å². The molecule has 0 aliphatic heterocycles. The number of nitrogens with zero attached hydrogens (tertiary/aromatic N) is 1. The zero-order valence-electron chi connectivity index (χ0n) is 11.0. The van der Waals surface area contributed by atoms with Gasteiger partial charge in [0.15, 0.2) is 0 Å². The van der Waals surface area contributed by atoms with Gasteiger partial charge in [-0.2, -0.15) is 5.26 Å². The Bertz CT molecular complexity index is 296. The Morgan fingerprint density at radius 1 is 1.29 bits per heavy atom. The Morgan fingerprint density at radius 3 is 2.53 bits per heavy atom. The monoisotopic (exact) mass is 237 g/mol. The molecule has 17 heavy (non-hydrogen) atoms. The van der Waals surface area contributed by atoms with E-state index in [0.29, 0.717) is 0 Å². The third kappa shape index (κ3) is 4.35. The summed E-state index contributed by atoms with van der Waals surface area (Å²) in [5.41, 5.74) is 0. The summed E-state index contributed by atoms with van der Waals surface area (Å²) in [5.74, 6) is 0.0697. The van der Waals surface area contributed by atoms with Crippen LogP contribution in [0.5, 0.6) is 0 Å². The Labute approximate surface area is 104 Å². The van der Waals surface area contributed by atoms with E-state index < -0.39 is 0 Å². The third-order valence-electron chi connectivity index (χ3n) is 3.22. The lowest BCUT2D eigenvalue weighted by Crippen LogP contribution is -2.50. The third-order valence-corrected chi connectivity index (χ3v) is 3.22. The van der Waals surface area contributed by atoms with Gasteiger partial charge in [0.2, 0.25) is 5.91 Å². The Hall–Kier alpha value is -1.08. The van der Waals surface area contributed by atoms with Crippen molar-refractivity contribution in [2.45, 2.75) is 64.6 Å². The van der Waals surface area contributed by atoms with E-state index >= 15 is 0 Å². The summed E-state index contributed by atoms with van der Waals surface area (Å²) in [6, 6.07) is 2.44. The Kier molecular flexibility index (Phi) is 5.43. The van der Waals surface area contributed by atoms with Crippen LogP contribution in [0.1, 0.15) is 46.5 Å². The van der Waals surface area contributed by atoms with Gasteiger partial charge in [-0.1, -0.05) is 12.8 Å². The highest BCUT2D eigenvalue weighted by atomic mass is 16.2. The first kappa shape index (κ1) is 14.0. The molecule has 4 heteroatoms. The maximum atomic E-state index is 11.8. The topological polar surface area (TPSA) is 64.9 Å². The van der Waals surface area contributed by atoms with Crippen molar-refractivity contribution in [2.75, 3.05) is 0 Å². The highest BCUT2D eigenvalue weighted by molar-refractivity contribution is 5.81. The molecule has 3 unspecified atom stereocenters. The first-order valence-electron chi connectivity index (χ1n) is 6.50. The number of hydrogen-bond acceptors (Lipinski definition) is 3. The second-order valence-electron chi connectivity index (χ2n) is 5.18. The van der Waals surface area contributed by atoms with E-state index in [-0.39, 0.29) is 30.0 Å². The molecule has 0 spiro atoms. The largest absolute Gasteiger partial charge is 0.353 e.